The van der Waals surface area contributed by atoms with Crippen molar-refractivity contribution in [3.63, 3.8) is 0 Å². The van der Waals surface area contributed by atoms with Gasteiger partial charge in [0.05, 0.1) is 13.1 Å². The number of carbonyl (C=O) groups is 2. The van der Waals surface area contributed by atoms with Crippen LogP contribution in [0, 0.1) is 0 Å². The minimum absolute atomic E-state index is 0.0333. The fourth-order valence-corrected chi connectivity index (χ4v) is 4.37. The Morgan fingerprint density at radius 1 is 0.771 bits per heavy atom. The summed E-state index contributed by atoms with van der Waals surface area (Å²) in [7, 11) is -1.65. The molecule has 0 aliphatic rings. The summed E-state index contributed by atoms with van der Waals surface area (Å²) in [6.07, 6.45) is 8.15. The van der Waals surface area contributed by atoms with Crippen molar-refractivity contribution in [2.45, 2.75) is 92.5 Å². The van der Waals surface area contributed by atoms with E-state index >= 15 is 0 Å². The molecule has 0 aromatic carbocycles. The average molecular weight is 729 g/mol. The van der Waals surface area contributed by atoms with Gasteiger partial charge in [0.2, 0.25) is 0 Å². The molecule has 0 aliphatic heterocycles. The first kappa shape index (κ1) is 40.0. The van der Waals surface area contributed by atoms with Crippen LogP contribution in [-0.4, -0.2) is 50.5 Å². The number of hydrogen-bond acceptors (Lipinski definition) is 10. The third kappa shape index (κ3) is 15.2. The highest BCUT2D eigenvalue weighted by atomic mass is 79.9. The number of aryl methyl sites for hydroxylation is 2. The van der Waals surface area contributed by atoms with Crippen LogP contribution in [0.15, 0.2) is 74.5 Å². The highest BCUT2D eigenvalue weighted by Crippen LogP contribution is 2.25. The molecule has 2 amide bonds. The van der Waals surface area contributed by atoms with E-state index in [0.29, 0.717) is 11.5 Å². The van der Waals surface area contributed by atoms with E-state index in [4.69, 9.17) is 28.4 Å². The van der Waals surface area contributed by atoms with Gasteiger partial charge in [-0.3, -0.25) is 9.97 Å². The normalized spacial score (nSPS) is 10.9. The second-order valence-corrected chi connectivity index (χ2v) is 13.2. The van der Waals surface area contributed by atoms with E-state index in [1.807, 2.05) is 57.4 Å². The molecule has 0 saturated carbocycles. The van der Waals surface area contributed by atoms with Gasteiger partial charge in [-0.25, -0.2) is 9.59 Å². The van der Waals surface area contributed by atoms with Gasteiger partial charge in [-0.2, -0.15) is 0 Å². The van der Waals surface area contributed by atoms with E-state index < -0.39 is 30.5 Å². The minimum Gasteiger partial charge on any atom is -0.468 e. The Morgan fingerprint density at radius 3 is 1.73 bits per heavy atom. The van der Waals surface area contributed by atoms with E-state index in [9.17, 15) is 9.59 Å². The number of carbonyl (C=O) groups excluding carboxylic acids is 2. The summed E-state index contributed by atoms with van der Waals surface area (Å²) in [6.45, 7) is 15.4. The van der Waals surface area contributed by atoms with Gasteiger partial charge in [-0.15, -0.1) is 0 Å². The number of pyridine rings is 2. The van der Waals surface area contributed by atoms with E-state index in [2.05, 4.69) is 50.4 Å². The van der Waals surface area contributed by atoms with Crippen molar-refractivity contribution in [1.29, 1.82) is 0 Å². The van der Waals surface area contributed by atoms with Gasteiger partial charge in [-0.1, -0.05) is 13.8 Å². The Hall–Kier alpha value is -4.14. The van der Waals surface area contributed by atoms with Crippen LogP contribution >= 0.6 is 15.9 Å². The maximum atomic E-state index is 11.6. The molecule has 48 heavy (non-hydrogen) atoms. The number of nitrogens with zero attached hydrogens (tertiary/aromatic N) is 2. The number of rotatable bonds is 8. The van der Waals surface area contributed by atoms with Crippen molar-refractivity contribution in [2.24, 2.45) is 0 Å². The fourth-order valence-electron chi connectivity index (χ4n) is 3.84. The van der Waals surface area contributed by atoms with Gasteiger partial charge in [0.25, 0.3) is 0 Å². The summed E-state index contributed by atoms with van der Waals surface area (Å²) in [5.41, 5.74) is 2.43. The Morgan fingerprint density at radius 2 is 1.27 bits per heavy atom. The summed E-state index contributed by atoms with van der Waals surface area (Å²) < 4.78 is 22.2. The lowest BCUT2D eigenvalue weighted by Gasteiger charge is -2.19. The lowest BCUT2D eigenvalue weighted by atomic mass is 9.88. The van der Waals surface area contributed by atoms with Crippen LogP contribution in [0.5, 0.6) is 0 Å². The number of furan rings is 2. The van der Waals surface area contributed by atoms with E-state index in [1.54, 1.807) is 39.2 Å². The standard InChI is InChI=1S/C17H22N2O3.C10H16BNO5.C7H8BrN/c1-5-12-8-9-18-11-14(12)15-7-6-13(21-15)10-19-16(20)22-17(2,3)4;1-10(2,3)17-9(13)12-6-7-4-5-8(16-7)11(14)15;1-2-6-3-4-9-5-7(6)8/h6-9,11H,5,10H2,1-4H3,(H,19,20);4-5,14-15H,6H2,1-3H3,(H,12,13);3-5H,2H2,1H3. The van der Waals surface area contributed by atoms with Gasteiger partial charge in [0.15, 0.2) is 0 Å². The molecule has 0 atom stereocenters. The van der Waals surface area contributed by atoms with Crippen LogP contribution in [0.3, 0.4) is 0 Å². The molecular formula is C34H46BBrN4O8. The Kier molecular flexibility index (Phi) is 15.9. The van der Waals surface area contributed by atoms with Gasteiger partial charge in [0.1, 0.15) is 34.1 Å². The molecule has 4 aromatic rings. The lowest BCUT2D eigenvalue weighted by Crippen LogP contribution is -2.32. The van der Waals surface area contributed by atoms with Crippen LogP contribution in [0.2, 0.25) is 0 Å². The summed E-state index contributed by atoms with van der Waals surface area (Å²) >= 11 is 3.39. The SMILES string of the molecule is CC(C)(C)OC(=O)NCc1ccc(B(O)O)o1.CCc1ccncc1-c1ccc(CNC(=O)OC(C)(C)C)o1.CCc1ccncc1Br. The highest BCUT2D eigenvalue weighted by molar-refractivity contribution is 9.10. The fraction of sp³-hybridized carbons (Fsp3) is 0.412. The first-order valence-corrected chi connectivity index (χ1v) is 16.3. The molecule has 12 nitrogen and oxygen atoms in total. The number of aromatic nitrogens is 2. The second-order valence-electron chi connectivity index (χ2n) is 12.4. The largest absolute Gasteiger partial charge is 0.526 e. The summed E-state index contributed by atoms with van der Waals surface area (Å²) in [5.74, 6) is 1.84. The Bertz CT molecular complexity index is 1580. The van der Waals surface area contributed by atoms with Crippen molar-refractivity contribution in [2.75, 3.05) is 0 Å². The first-order chi connectivity index (χ1) is 22.5. The number of ether oxygens (including phenoxy) is 2. The molecule has 4 heterocycles. The number of alkyl carbamates (subject to hydrolysis) is 2. The average Bonchev–Trinajstić information content (AvgIpc) is 3.69. The molecule has 0 fully saturated rings. The van der Waals surface area contributed by atoms with Crippen LogP contribution in [0.4, 0.5) is 9.59 Å². The zero-order valence-corrected chi connectivity index (χ0v) is 30.4. The highest BCUT2D eigenvalue weighted by Gasteiger charge is 2.19. The number of nitrogens with one attached hydrogen (secondary N) is 2. The van der Waals surface area contributed by atoms with Gasteiger partial charge < -0.3 is 39.0 Å². The summed E-state index contributed by atoms with van der Waals surface area (Å²) in [5, 5.41) is 22.8. The number of amides is 2. The van der Waals surface area contributed by atoms with Crippen LogP contribution in [-0.2, 0) is 35.4 Å². The summed E-state index contributed by atoms with van der Waals surface area (Å²) in [4.78, 5) is 31.0. The molecule has 0 aliphatic carbocycles. The Balaban J connectivity index is 0.000000272. The topological polar surface area (TPSA) is 169 Å². The third-order valence-corrected chi connectivity index (χ3v) is 6.72. The second kappa shape index (κ2) is 19.0. The molecule has 0 radical (unpaired) electrons. The summed E-state index contributed by atoms with van der Waals surface area (Å²) in [6, 6.07) is 10.7. The number of hydrogen-bond donors (Lipinski definition) is 4. The molecule has 0 spiro atoms. The molecule has 0 unspecified atom stereocenters. The van der Waals surface area contributed by atoms with Crippen molar-refractivity contribution >= 4 is 40.9 Å². The first-order valence-electron chi connectivity index (χ1n) is 15.5. The zero-order chi connectivity index (χ0) is 35.9. The van der Waals surface area contributed by atoms with Gasteiger partial charge in [-0.05, 0) is 118 Å². The van der Waals surface area contributed by atoms with Crippen LogP contribution in [0.1, 0.15) is 78.0 Å². The molecule has 14 heteroatoms. The molecule has 4 aromatic heterocycles. The predicted octanol–water partition coefficient (Wildman–Crippen LogP) is 6.32. The molecule has 260 valence electrons. The quantitative estimate of drug-likeness (QED) is 0.151. The van der Waals surface area contributed by atoms with Crippen molar-refractivity contribution in [3.05, 3.63) is 88.3 Å². The van der Waals surface area contributed by atoms with Gasteiger partial charge in [0, 0.05) is 34.8 Å². The third-order valence-electron chi connectivity index (χ3n) is 6.01. The Labute approximate surface area is 290 Å². The van der Waals surface area contributed by atoms with Crippen LogP contribution < -0.4 is 16.3 Å². The van der Waals surface area contributed by atoms with E-state index in [1.165, 1.54) is 17.2 Å². The molecule has 0 bridgehead atoms. The molecule has 4 N–H and O–H groups in total. The van der Waals surface area contributed by atoms with E-state index in [0.717, 1.165) is 28.6 Å². The van der Waals surface area contributed by atoms with Crippen molar-refractivity contribution in [1.82, 2.24) is 20.6 Å². The molecular weight excluding hydrogens is 683 g/mol. The minimum atomic E-state index is -1.65. The number of halogens is 1. The predicted molar refractivity (Wildman–Crippen MR) is 187 cm³/mol. The van der Waals surface area contributed by atoms with Crippen LogP contribution in [0.25, 0.3) is 11.3 Å². The molecule has 4 rings (SSSR count). The monoisotopic (exact) mass is 728 g/mol. The zero-order valence-electron chi connectivity index (χ0n) is 28.8. The molecule has 0 saturated heterocycles. The van der Waals surface area contributed by atoms with E-state index in [-0.39, 0.29) is 18.7 Å². The van der Waals surface area contributed by atoms with Crippen molar-refractivity contribution < 1.29 is 37.9 Å². The van der Waals surface area contributed by atoms with Gasteiger partial charge >= 0.3 is 19.3 Å². The van der Waals surface area contributed by atoms with Crippen molar-refractivity contribution in [3.8, 4) is 11.3 Å². The maximum absolute atomic E-state index is 11.6. The lowest BCUT2D eigenvalue weighted by molar-refractivity contribution is 0.0509. The maximum Gasteiger partial charge on any atom is 0.526 e. The smallest absolute Gasteiger partial charge is 0.468 e.